The lowest BCUT2D eigenvalue weighted by molar-refractivity contribution is 0.0695. The predicted octanol–water partition coefficient (Wildman–Crippen LogP) is 6.14. The maximum absolute atomic E-state index is 12.1. The topological polar surface area (TPSA) is 77.9 Å². The summed E-state index contributed by atoms with van der Waals surface area (Å²) in [6.45, 7) is 4.13. The van der Waals surface area contributed by atoms with Crippen molar-refractivity contribution in [2.45, 2.75) is 32.6 Å². The van der Waals surface area contributed by atoms with Crippen molar-refractivity contribution in [3.8, 4) is 28.4 Å². The van der Waals surface area contributed by atoms with E-state index < -0.39 is 5.97 Å². The number of carbonyl (C=O) groups is 1. The average molecular weight is 514 g/mol. The first kappa shape index (κ1) is 24.6. The number of carboxylic acid groups (broad SMARTS) is 1. The third-order valence-electron chi connectivity index (χ3n) is 5.44. The van der Waals surface area contributed by atoms with Gasteiger partial charge in [0.1, 0.15) is 0 Å². The summed E-state index contributed by atoms with van der Waals surface area (Å²) in [4.78, 5) is 17.0. The van der Waals surface area contributed by atoms with Crippen LogP contribution in [-0.2, 0) is 12.8 Å². The smallest absolute Gasteiger partial charge is 0.337 e. The Kier molecular flexibility index (Phi) is 7.97. The maximum Gasteiger partial charge on any atom is 0.337 e. The van der Waals surface area contributed by atoms with Crippen LogP contribution in [0.3, 0.4) is 0 Å². The van der Waals surface area contributed by atoms with E-state index in [1.54, 1.807) is 27.4 Å². The Hall–Kier alpha value is -3.06. The van der Waals surface area contributed by atoms with Gasteiger partial charge < -0.3 is 19.3 Å². The minimum atomic E-state index is -0.990. The van der Waals surface area contributed by atoms with Gasteiger partial charge in [-0.1, -0.05) is 41.9 Å². The molecule has 0 unspecified atom stereocenters. The highest BCUT2D eigenvalue weighted by molar-refractivity contribution is 9.10. The zero-order valence-corrected chi connectivity index (χ0v) is 21.0. The molecule has 33 heavy (non-hydrogen) atoms. The first-order valence-corrected chi connectivity index (χ1v) is 11.4. The summed E-state index contributed by atoms with van der Waals surface area (Å²) in [6.07, 6.45) is 1.03. The lowest BCUT2D eigenvalue weighted by Crippen LogP contribution is -2.11. The molecule has 2 aromatic carbocycles. The number of ether oxygens (including phenoxy) is 3. The molecular formula is C26H28BrNO5. The second-order valence-electron chi connectivity index (χ2n) is 7.92. The molecule has 0 radical (unpaired) electrons. The Bertz CT molecular complexity index is 1120. The fourth-order valence-electron chi connectivity index (χ4n) is 3.79. The highest BCUT2D eigenvalue weighted by Crippen LogP contribution is 2.38. The van der Waals surface area contributed by atoms with E-state index in [0.717, 1.165) is 26.9 Å². The quantitative estimate of drug-likeness (QED) is 0.370. The van der Waals surface area contributed by atoms with Crippen LogP contribution in [0.5, 0.6) is 17.2 Å². The number of hydrogen-bond donors (Lipinski definition) is 1. The van der Waals surface area contributed by atoms with E-state index in [9.17, 15) is 9.90 Å². The fourth-order valence-corrected chi connectivity index (χ4v) is 4.05. The van der Waals surface area contributed by atoms with Gasteiger partial charge in [-0.25, -0.2) is 4.79 Å². The van der Waals surface area contributed by atoms with Gasteiger partial charge in [0.15, 0.2) is 11.5 Å². The number of aromatic carboxylic acids is 1. The van der Waals surface area contributed by atoms with Gasteiger partial charge in [-0.05, 0) is 60.2 Å². The fraction of sp³-hybridized carbons (Fsp3) is 0.308. The Balaban J connectivity index is 2.02. The Morgan fingerprint density at radius 2 is 1.58 bits per heavy atom. The SMILES string of the molecule is COc1cc(CCc2nc(C(C)C)c(-c3ccc(Br)cc3)cc2C(=O)O)cc(OC)c1OC. The lowest BCUT2D eigenvalue weighted by atomic mass is 9.93. The zero-order valence-electron chi connectivity index (χ0n) is 19.4. The van der Waals surface area contributed by atoms with Crippen molar-refractivity contribution in [1.82, 2.24) is 4.98 Å². The van der Waals surface area contributed by atoms with Crippen molar-refractivity contribution in [3.05, 3.63) is 69.5 Å². The van der Waals surface area contributed by atoms with Gasteiger partial charge in [0, 0.05) is 10.0 Å². The van der Waals surface area contributed by atoms with Gasteiger partial charge in [-0.15, -0.1) is 0 Å². The Morgan fingerprint density at radius 1 is 0.970 bits per heavy atom. The minimum absolute atomic E-state index is 0.131. The van der Waals surface area contributed by atoms with Crippen molar-refractivity contribution in [1.29, 1.82) is 0 Å². The van der Waals surface area contributed by atoms with E-state index in [-0.39, 0.29) is 11.5 Å². The average Bonchev–Trinajstić information content (AvgIpc) is 2.81. The highest BCUT2D eigenvalue weighted by atomic mass is 79.9. The van der Waals surface area contributed by atoms with E-state index in [1.807, 2.05) is 36.4 Å². The highest BCUT2D eigenvalue weighted by Gasteiger charge is 2.20. The third-order valence-corrected chi connectivity index (χ3v) is 5.97. The van der Waals surface area contributed by atoms with Gasteiger partial charge in [0.25, 0.3) is 0 Å². The molecule has 6 nitrogen and oxygen atoms in total. The van der Waals surface area contributed by atoms with Crippen molar-refractivity contribution in [2.75, 3.05) is 21.3 Å². The summed E-state index contributed by atoms with van der Waals surface area (Å²) in [5, 5.41) is 9.94. The molecular weight excluding hydrogens is 486 g/mol. The van der Waals surface area contributed by atoms with Crippen LogP contribution < -0.4 is 14.2 Å². The first-order valence-electron chi connectivity index (χ1n) is 10.6. The molecule has 174 valence electrons. The molecule has 0 aliphatic carbocycles. The lowest BCUT2D eigenvalue weighted by Gasteiger charge is -2.17. The van der Waals surface area contributed by atoms with Crippen molar-refractivity contribution >= 4 is 21.9 Å². The summed E-state index contributed by atoms with van der Waals surface area (Å²) in [5.74, 6) is 0.787. The number of aryl methyl sites for hydroxylation is 2. The Labute approximate surface area is 202 Å². The summed E-state index contributed by atoms with van der Waals surface area (Å²) in [6, 6.07) is 13.3. The molecule has 7 heteroatoms. The molecule has 0 spiro atoms. The largest absolute Gasteiger partial charge is 0.493 e. The normalized spacial score (nSPS) is 10.9. The van der Waals surface area contributed by atoms with Gasteiger partial charge in [-0.2, -0.15) is 0 Å². The molecule has 3 rings (SSSR count). The molecule has 0 saturated carbocycles. The molecule has 0 fully saturated rings. The van der Waals surface area contributed by atoms with Gasteiger partial charge in [-0.3, -0.25) is 4.98 Å². The van der Waals surface area contributed by atoms with Gasteiger partial charge in [0.05, 0.1) is 38.3 Å². The number of carboxylic acids is 1. The first-order chi connectivity index (χ1) is 15.8. The van der Waals surface area contributed by atoms with E-state index in [1.165, 1.54) is 0 Å². The molecule has 3 aromatic rings. The Morgan fingerprint density at radius 3 is 2.06 bits per heavy atom. The molecule has 0 aliphatic heterocycles. The second-order valence-corrected chi connectivity index (χ2v) is 8.83. The number of hydrogen-bond acceptors (Lipinski definition) is 5. The van der Waals surface area contributed by atoms with E-state index in [0.29, 0.717) is 35.8 Å². The van der Waals surface area contributed by atoms with Crippen LogP contribution in [0.15, 0.2) is 46.9 Å². The van der Waals surface area contributed by atoms with E-state index in [2.05, 4.69) is 29.8 Å². The maximum atomic E-state index is 12.1. The molecule has 0 aliphatic rings. The predicted molar refractivity (Wildman–Crippen MR) is 132 cm³/mol. The third kappa shape index (κ3) is 5.47. The molecule has 1 heterocycles. The second kappa shape index (κ2) is 10.7. The molecule has 0 amide bonds. The molecule has 0 saturated heterocycles. The number of methoxy groups -OCH3 is 3. The van der Waals surface area contributed by atoms with Crippen molar-refractivity contribution < 1.29 is 24.1 Å². The monoisotopic (exact) mass is 513 g/mol. The van der Waals surface area contributed by atoms with Crippen LogP contribution in [-0.4, -0.2) is 37.4 Å². The molecule has 1 aromatic heterocycles. The van der Waals surface area contributed by atoms with E-state index in [4.69, 9.17) is 19.2 Å². The molecule has 0 atom stereocenters. The number of nitrogens with zero attached hydrogens (tertiary/aromatic N) is 1. The van der Waals surface area contributed by atoms with Crippen LogP contribution in [0.25, 0.3) is 11.1 Å². The van der Waals surface area contributed by atoms with Crippen molar-refractivity contribution in [3.63, 3.8) is 0 Å². The number of rotatable bonds is 9. The van der Waals surface area contributed by atoms with Crippen LogP contribution >= 0.6 is 15.9 Å². The number of benzene rings is 2. The molecule has 1 N–H and O–H groups in total. The summed E-state index contributed by atoms with van der Waals surface area (Å²) in [5.41, 5.74) is 4.36. The van der Waals surface area contributed by atoms with Crippen LogP contribution in [0.2, 0.25) is 0 Å². The summed E-state index contributed by atoms with van der Waals surface area (Å²) in [7, 11) is 4.70. The van der Waals surface area contributed by atoms with Gasteiger partial charge in [0.2, 0.25) is 5.75 Å². The summed E-state index contributed by atoms with van der Waals surface area (Å²) >= 11 is 3.45. The van der Waals surface area contributed by atoms with Crippen LogP contribution in [0, 0.1) is 0 Å². The summed E-state index contributed by atoms with van der Waals surface area (Å²) < 4.78 is 17.2. The van der Waals surface area contributed by atoms with E-state index >= 15 is 0 Å². The van der Waals surface area contributed by atoms with Gasteiger partial charge >= 0.3 is 5.97 Å². The molecule has 0 bridgehead atoms. The van der Waals surface area contributed by atoms with Crippen molar-refractivity contribution in [2.24, 2.45) is 0 Å². The number of aromatic nitrogens is 1. The van der Waals surface area contributed by atoms with Crippen LogP contribution in [0.1, 0.15) is 47.1 Å². The number of halogens is 1. The minimum Gasteiger partial charge on any atom is -0.493 e. The standard InChI is InChI=1S/C26H28BrNO5/c1-15(2)24-19(17-7-9-18(27)10-8-17)14-20(26(29)30)21(28-24)11-6-16-12-22(31-3)25(33-5)23(13-16)32-4/h7-10,12-15H,6,11H2,1-5H3,(H,29,30). The van der Waals surface area contributed by atoms with Crippen LogP contribution in [0.4, 0.5) is 0 Å². The number of pyridine rings is 1. The zero-order chi connectivity index (χ0) is 24.1.